The average Bonchev–Trinajstić information content (AvgIpc) is 3.60. The maximum atomic E-state index is 6.60. The number of benzene rings is 6. The Bertz CT molecular complexity index is 2230. The lowest BCUT2D eigenvalue weighted by Gasteiger charge is -2.17. The van der Waals surface area contributed by atoms with Crippen molar-refractivity contribution in [1.29, 1.82) is 0 Å². The van der Waals surface area contributed by atoms with Crippen LogP contribution in [0.15, 0.2) is 138 Å². The van der Waals surface area contributed by atoms with Gasteiger partial charge in [0.05, 0.1) is 22.3 Å². The Morgan fingerprint density at radius 3 is 1.95 bits per heavy atom. The molecule has 0 atom stereocenters. The highest BCUT2D eigenvalue weighted by atomic mass is 16.3. The third kappa shape index (κ3) is 3.86. The number of aromatic nitrogens is 2. The fourth-order valence-corrected chi connectivity index (χ4v) is 6.32. The zero-order valence-electron chi connectivity index (χ0n) is 23.5. The Balaban J connectivity index is 1.37. The van der Waals surface area contributed by atoms with Crippen molar-refractivity contribution in [2.75, 3.05) is 0 Å². The van der Waals surface area contributed by atoms with E-state index in [1.54, 1.807) is 0 Å². The smallest absolute Gasteiger partial charge is 0.149 e. The van der Waals surface area contributed by atoms with Gasteiger partial charge in [-0.1, -0.05) is 91.0 Å². The van der Waals surface area contributed by atoms with Gasteiger partial charge in [0.1, 0.15) is 17.0 Å². The Morgan fingerprint density at radius 1 is 0.548 bits per heavy atom. The molecule has 0 saturated heterocycles. The lowest BCUT2D eigenvalue weighted by atomic mass is 9.98. The van der Waals surface area contributed by atoms with Gasteiger partial charge in [0.25, 0.3) is 0 Å². The second kappa shape index (κ2) is 9.60. The molecule has 200 valence electrons. The molecule has 0 aliphatic rings. The van der Waals surface area contributed by atoms with E-state index >= 15 is 0 Å². The quantitative estimate of drug-likeness (QED) is 0.222. The van der Waals surface area contributed by atoms with Crippen molar-refractivity contribution < 1.29 is 4.42 Å². The van der Waals surface area contributed by atoms with Crippen molar-refractivity contribution in [2.45, 2.75) is 13.8 Å². The molecule has 2 heterocycles. The van der Waals surface area contributed by atoms with Crippen LogP contribution in [0.2, 0.25) is 0 Å². The first-order chi connectivity index (χ1) is 20.7. The van der Waals surface area contributed by atoms with Gasteiger partial charge in [0.15, 0.2) is 0 Å². The van der Waals surface area contributed by atoms with Crippen LogP contribution >= 0.6 is 0 Å². The van der Waals surface area contributed by atoms with Crippen molar-refractivity contribution in [1.82, 2.24) is 9.55 Å². The van der Waals surface area contributed by atoms with E-state index in [0.29, 0.717) is 0 Å². The largest absolute Gasteiger partial charge is 0.455 e. The SMILES string of the molecule is Cc1cc(-c2ccccc2)cc(C)c1-n1c(-c2cccc3c2oc2ccc(-c4ccccc4)cc23)nc2ccccc21. The monoisotopic (exact) mass is 540 g/mol. The lowest BCUT2D eigenvalue weighted by Crippen LogP contribution is -2.03. The molecule has 2 aromatic heterocycles. The van der Waals surface area contributed by atoms with Crippen molar-refractivity contribution in [3.05, 3.63) is 145 Å². The summed E-state index contributed by atoms with van der Waals surface area (Å²) in [5.74, 6) is 0.878. The number of hydrogen-bond donors (Lipinski definition) is 0. The van der Waals surface area contributed by atoms with Crippen LogP contribution < -0.4 is 0 Å². The highest BCUT2D eigenvalue weighted by molar-refractivity contribution is 6.10. The fourth-order valence-electron chi connectivity index (χ4n) is 6.32. The van der Waals surface area contributed by atoms with Gasteiger partial charge in [-0.3, -0.25) is 4.57 Å². The van der Waals surface area contributed by atoms with Gasteiger partial charge in [-0.15, -0.1) is 0 Å². The molecule has 0 aliphatic carbocycles. The van der Waals surface area contributed by atoms with E-state index in [2.05, 4.69) is 146 Å². The normalized spacial score (nSPS) is 11.6. The van der Waals surface area contributed by atoms with Gasteiger partial charge in [0, 0.05) is 10.8 Å². The van der Waals surface area contributed by atoms with Crippen molar-refractivity contribution in [3.8, 4) is 39.3 Å². The summed E-state index contributed by atoms with van der Waals surface area (Å²) in [6.45, 7) is 4.39. The molecular formula is C39H28N2O. The molecular weight excluding hydrogens is 512 g/mol. The second-order valence-electron chi connectivity index (χ2n) is 10.9. The standard InChI is InChI=1S/C39H28N2O/c1-25-22-30(28-14-7-4-8-15-28)23-26(2)37(25)41-35-19-10-9-18-34(35)40-39(41)32-17-11-16-31-33-24-29(27-12-5-3-6-13-27)20-21-36(33)42-38(31)32/h3-24H,1-2H3. The van der Waals surface area contributed by atoms with Gasteiger partial charge in [0.2, 0.25) is 0 Å². The molecule has 0 saturated carbocycles. The number of para-hydroxylation sites is 3. The van der Waals surface area contributed by atoms with Gasteiger partial charge >= 0.3 is 0 Å². The number of hydrogen-bond acceptors (Lipinski definition) is 2. The molecule has 3 heteroatoms. The minimum atomic E-state index is 0.852. The molecule has 8 aromatic rings. The summed E-state index contributed by atoms with van der Waals surface area (Å²) in [6.07, 6.45) is 0. The minimum absolute atomic E-state index is 0.852. The number of furan rings is 1. The van der Waals surface area contributed by atoms with Gasteiger partial charge in [-0.2, -0.15) is 0 Å². The molecule has 0 bridgehead atoms. The van der Waals surface area contributed by atoms with E-state index in [-0.39, 0.29) is 0 Å². The maximum Gasteiger partial charge on any atom is 0.149 e. The number of imidazole rings is 1. The third-order valence-electron chi connectivity index (χ3n) is 8.23. The Kier molecular flexibility index (Phi) is 5.58. The summed E-state index contributed by atoms with van der Waals surface area (Å²) < 4.78 is 8.91. The first-order valence-corrected chi connectivity index (χ1v) is 14.3. The van der Waals surface area contributed by atoms with Crippen LogP contribution in [-0.4, -0.2) is 9.55 Å². The van der Waals surface area contributed by atoms with Crippen molar-refractivity contribution in [2.24, 2.45) is 0 Å². The molecule has 0 amide bonds. The summed E-state index contributed by atoms with van der Waals surface area (Å²) in [5.41, 5.74) is 13.1. The van der Waals surface area contributed by atoms with Crippen LogP contribution in [0.1, 0.15) is 11.1 Å². The van der Waals surface area contributed by atoms with Gasteiger partial charge < -0.3 is 4.42 Å². The zero-order chi connectivity index (χ0) is 28.2. The Labute approximate surface area is 244 Å². The van der Waals surface area contributed by atoms with Crippen LogP contribution in [0.25, 0.3) is 72.3 Å². The van der Waals surface area contributed by atoms with Crippen LogP contribution in [0.4, 0.5) is 0 Å². The molecule has 6 aromatic carbocycles. The number of rotatable bonds is 4. The van der Waals surface area contributed by atoms with Gasteiger partial charge in [-0.05, 0) is 89.7 Å². The van der Waals surface area contributed by atoms with E-state index in [1.165, 1.54) is 33.4 Å². The highest BCUT2D eigenvalue weighted by Gasteiger charge is 2.22. The van der Waals surface area contributed by atoms with E-state index in [9.17, 15) is 0 Å². The number of fused-ring (bicyclic) bond motifs is 4. The predicted molar refractivity (Wildman–Crippen MR) is 174 cm³/mol. The van der Waals surface area contributed by atoms with E-state index in [4.69, 9.17) is 9.40 Å². The van der Waals surface area contributed by atoms with Gasteiger partial charge in [-0.25, -0.2) is 4.98 Å². The Hall–Kier alpha value is -5.41. The van der Waals surface area contributed by atoms with E-state index in [1.807, 2.05) is 6.07 Å². The van der Waals surface area contributed by atoms with Crippen LogP contribution in [-0.2, 0) is 0 Å². The van der Waals surface area contributed by atoms with Crippen LogP contribution in [0.5, 0.6) is 0 Å². The fraction of sp³-hybridized carbons (Fsp3) is 0.0513. The lowest BCUT2D eigenvalue weighted by molar-refractivity contribution is 0.669. The van der Waals surface area contributed by atoms with E-state index < -0.39 is 0 Å². The molecule has 0 radical (unpaired) electrons. The second-order valence-corrected chi connectivity index (χ2v) is 10.9. The van der Waals surface area contributed by atoms with Crippen LogP contribution in [0.3, 0.4) is 0 Å². The highest BCUT2D eigenvalue weighted by Crippen LogP contribution is 2.40. The predicted octanol–water partition coefficient (Wildman–Crippen LogP) is 10.5. The number of aryl methyl sites for hydroxylation is 2. The maximum absolute atomic E-state index is 6.60. The van der Waals surface area contributed by atoms with Crippen molar-refractivity contribution >= 4 is 33.0 Å². The van der Waals surface area contributed by atoms with Crippen LogP contribution in [0, 0.1) is 13.8 Å². The average molecular weight is 541 g/mol. The Morgan fingerprint density at radius 2 is 1.21 bits per heavy atom. The molecule has 42 heavy (non-hydrogen) atoms. The number of nitrogens with zero attached hydrogens (tertiary/aromatic N) is 2. The summed E-state index contributed by atoms with van der Waals surface area (Å²) in [7, 11) is 0. The zero-order valence-corrected chi connectivity index (χ0v) is 23.5. The first-order valence-electron chi connectivity index (χ1n) is 14.3. The summed E-state index contributed by atoms with van der Waals surface area (Å²) >= 11 is 0. The minimum Gasteiger partial charge on any atom is -0.455 e. The first kappa shape index (κ1) is 24.4. The molecule has 8 rings (SSSR count). The summed E-state index contributed by atoms with van der Waals surface area (Å²) in [5, 5.41) is 2.20. The summed E-state index contributed by atoms with van der Waals surface area (Å²) in [4.78, 5) is 5.21. The summed E-state index contributed by atoms with van der Waals surface area (Å²) in [6, 6.07) is 46.8. The topological polar surface area (TPSA) is 31.0 Å². The van der Waals surface area contributed by atoms with E-state index in [0.717, 1.165) is 50.0 Å². The molecule has 0 N–H and O–H groups in total. The third-order valence-corrected chi connectivity index (χ3v) is 8.23. The molecule has 0 fully saturated rings. The molecule has 0 unspecified atom stereocenters. The molecule has 3 nitrogen and oxygen atoms in total. The van der Waals surface area contributed by atoms with Crippen molar-refractivity contribution in [3.63, 3.8) is 0 Å². The molecule has 0 aliphatic heterocycles. The molecule has 0 spiro atoms.